The Morgan fingerprint density at radius 1 is 1.58 bits per heavy atom. The third-order valence-corrected chi connectivity index (χ3v) is 1.39. The van der Waals surface area contributed by atoms with Gasteiger partial charge in [-0.3, -0.25) is 4.98 Å². The van der Waals surface area contributed by atoms with Gasteiger partial charge in [0, 0.05) is 5.69 Å². The van der Waals surface area contributed by atoms with Gasteiger partial charge in [0.05, 0.1) is 12.3 Å². The average molecular weight is 167 g/mol. The molecule has 0 aliphatic rings. The molecule has 0 unspecified atom stereocenters. The van der Waals surface area contributed by atoms with E-state index < -0.39 is 0 Å². The monoisotopic (exact) mass is 167 g/mol. The molecule has 0 aliphatic carbocycles. The van der Waals surface area contributed by atoms with E-state index in [0.717, 1.165) is 5.69 Å². The quantitative estimate of drug-likeness (QED) is 0.724. The van der Waals surface area contributed by atoms with Crippen molar-refractivity contribution in [3.63, 3.8) is 0 Å². The fourth-order valence-electron chi connectivity index (χ4n) is 0.841. The minimum absolute atomic E-state index is 0.102. The summed E-state index contributed by atoms with van der Waals surface area (Å²) in [7, 11) is 0. The van der Waals surface area contributed by atoms with Crippen LogP contribution >= 0.6 is 0 Å². The molecule has 0 saturated carbocycles. The summed E-state index contributed by atoms with van der Waals surface area (Å²) in [6, 6.07) is 2.96. The molecule has 0 bridgehead atoms. The highest BCUT2D eigenvalue weighted by atomic mass is 19.1. The van der Waals surface area contributed by atoms with Crippen LogP contribution in [0.4, 0.5) is 4.39 Å². The number of aliphatic hydroxyl groups is 1. The van der Waals surface area contributed by atoms with Crippen LogP contribution in [0.2, 0.25) is 0 Å². The summed E-state index contributed by atoms with van der Waals surface area (Å²) in [5.74, 6) is -0.370. The van der Waals surface area contributed by atoms with E-state index in [9.17, 15) is 4.39 Å². The maximum Gasteiger partial charge on any atom is 0.148 e. The fourth-order valence-corrected chi connectivity index (χ4v) is 0.841. The van der Waals surface area contributed by atoms with Gasteiger partial charge in [-0.15, -0.1) is 0 Å². The van der Waals surface area contributed by atoms with E-state index in [1.165, 1.54) is 18.2 Å². The second kappa shape index (κ2) is 3.97. The Labute approximate surface area is 70.4 Å². The predicted octanol–water partition coefficient (Wildman–Crippen LogP) is 1.53. The van der Waals surface area contributed by atoms with Gasteiger partial charge in [0.25, 0.3) is 0 Å². The van der Waals surface area contributed by atoms with E-state index in [0.29, 0.717) is 0 Å². The molecule has 12 heavy (non-hydrogen) atoms. The average Bonchev–Trinajstić information content (AvgIpc) is 2.07. The minimum atomic E-state index is -0.370. The summed E-state index contributed by atoms with van der Waals surface area (Å²) in [4.78, 5) is 3.94. The van der Waals surface area contributed by atoms with Crippen LogP contribution in [0.1, 0.15) is 11.4 Å². The molecular weight excluding hydrogens is 157 g/mol. The molecule has 1 N–H and O–H groups in total. The Morgan fingerprint density at radius 3 is 3.00 bits per heavy atom. The molecule has 0 amide bonds. The van der Waals surface area contributed by atoms with E-state index in [1.54, 1.807) is 13.0 Å². The Morgan fingerprint density at radius 2 is 2.33 bits per heavy atom. The Bertz CT molecular complexity index is 297. The highest BCUT2D eigenvalue weighted by Gasteiger charge is 1.98. The second-order valence-corrected chi connectivity index (χ2v) is 2.40. The van der Waals surface area contributed by atoms with Crippen LogP contribution in [-0.4, -0.2) is 16.7 Å². The predicted molar refractivity (Wildman–Crippen MR) is 45.1 cm³/mol. The Hall–Kier alpha value is -1.22. The summed E-state index contributed by atoms with van der Waals surface area (Å²) in [6.07, 6.45) is 2.91. The normalized spacial score (nSPS) is 10.9. The van der Waals surface area contributed by atoms with E-state index in [4.69, 9.17) is 5.11 Å². The van der Waals surface area contributed by atoms with Crippen molar-refractivity contribution in [2.24, 2.45) is 0 Å². The summed E-state index contributed by atoms with van der Waals surface area (Å²) >= 11 is 0. The third kappa shape index (κ3) is 2.13. The topological polar surface area (TPSA) is 33.1 Å². The lowest BCUT2D eigenvalue weighted by atomic mass is 10.3. The standard InChI is InChI=1S/C9H10FNO/c1-7-4-5-8(10)9(11-7)3-2-6-12/h2-5,12H,6H2,1H3. The highest BCUT2D eigenvalue weighted by Crippen LogP contribution is 2.06. The SMILES string of the molecule is Cc1ccc(F)c(C=CCO)n1. The first kappa shape index (κ1) is 8.87. The first-order valence-corrected chi connectivity index (χ1v) is 3.64. The number of rotatable bonds is 2. The van der Waals surface area contributed by atoms with Gasteiger partial charge >= 0.3 is 0 Å². The van der Waals surface area contributed by atoms with Crippen molar-refractivity contribution in [2.45, 2.75) is 6.92 Å². The van der Waals surface area contributed by atoms with E-state index in [2.05, 4.69) is 4.98 Å². The largest absolute Gasteiger partial charge is 0.392 e. The maximum absolute atomic E-state index is 12.9. The molecule has 1 rings (SSSR count). The number of aromatic nitrogens is 1. The lowest BCUT2D eigenvalue weighted by Crippen LogP contribution is -1.90. The number of hydrogen-bond acceptors (Lipinski definition) is 2. The molecule has 3 heteroatoms. The number of pyridine rings is 1. The van der Waals surface area contributed by atoms with Crippen molar-refractivity contribution in [1.29, 1.82) is 0 Å². The Balaban J connectivity index is 2.97. The first-order chi connectivity index (χ1) is 5.74. The van der Waals surface area contributed by atoms with Gasteiger partial charge < -0.3 is 5.11 Å². The third-order valence-electron chi connectivity index (χ3n) is 1.39. The van der Waals surface area contributed by atoms with Crippen molar-refractivity contribution in [1.82, 2.24) is 4.98 Å². The van der Waals surface area contributed by atoms with E-state index in [1.807, 2.05) is 0 Å². The summed E-state index contributed by atoms with van der Waals surface area (Å²) in [5.41, 5.74) is 1.03. The molecule has 0 saturated heterocycles. The van der Waals surface area contributed by atoms with Crippen LogP contribution < -0.4 is 0 Å². The maximum atomic E-state index is 12.9. The summed E-state index contributed by atoms with van der Waals surface area (Å²) < 4.78 is 12.9. The molecule has 0 aromatic carbocycles. The van der Waals surface area contributed by atoms with Crippen LogP contribution in [0.5, 0.6) is 0 Å². The van der Waals surface area contributed by atoms with Gasteiger partial charge in [0.15, 0.2) is 0 Å². The summed E-state index contributed by atoms with van der Waals surface area (Å²) in [5, 5.41) is 8.45. The van der Waals surface area contributed by atoms with Gasteiger partial charge in [0.1, 0.15) is 5.82 Å². The van der Waals surface area contributed by atoms with Crippen molar-refractivity contribution < 1.29 is 9.50 Å². The minimum Gasteiger partial charge on any atom is -0.392 e. The van der Waals surface area contributed by atoms with Crippen LogP contribution in [0.25, 0.3) is 6.08 Å². The molecule has 1 aromatic rings. The molecule has 0 atom stereocenters. The molecular formula is C9H10FNO. The zero-order chi connectivity index (χ0) is 8.97. The number of nitrogens with zero attached hydrogens (tertiary/aromatic N) is 1. The molecule has 64 valence electrons. The molecule has 2 nitrogen and oxygen atoms in total. The molecule has 1 heterocycles. The zero-order valence-corrected chi connectivity index (χ0v) is 6.79. The molecule has 0 spiro atoms. The van der Waals surface area contributed by atoms with Crippen LogP contribution in [0.15, 0.2) is 18.2 Å². The lowest BCUT2D eigenvalue weighted by Gasteiger charge is -1.96. The molecule has 1 aromatic heterocycles. The number of aryl methyl sites for hydroxylation is 1. The van der Waals surface area contributed by atoms with Crippen molar-refractivity contribution in [3.05, 3.63) is 35.4 Å². The zero-order valence-electron chi connectivity index (χ0n) is 6.79. The van der Waals surface area contributed by atoms with Crippen LogP contribution in [-0.2, 0) is 0 Å². The van der Waals surface area contributed by atoms with Gasteiger partial charge in [0.2, 0.25) is 0 Å². The van der Waals surface area contributed by atoms with Crippen molar-refractivity contribution >= 4 is 6.08 Å². The van der Waals surface area contributed by atoms with Gasteiger partial charge in [-0.1, -0.05) is 6.08 Å². The van der Waals surface area contributed by atoms with E-state index >= 15 is 0 Å². The van der Waals surface area contributed by atoms with Crippen LogP contribution in [0, 0.1) is 12.7 Å². The second-order valence-electron chi connectivity index (χ2n) is 2.40. The van der Waals surface area contributed by atoms with E-state index in [-0.39, 0.29) is 18.1 Å². The first-order valence-electron chi connectivity index (χ1n) is 3.64. The highest BCUT2D eigenvalue weighted by molar-refractivity contribution is 5.45. The van der Waals surface area contributed by atoms with Crippen molar-refractivity contribution in [2.75, 3.05) is 6.61 Å². The molecule has 0 radical (unpaired) electrons. The van der Waals surface area contributed by atoms with Gasteiger partial charge in [-0.05, 0) is 25.1 Å². The molecule has 0 fully saturated rings. The molecule has 0 aliphatic heterocycles. The number of hydrogen-bond donors (Lipinski definition) is 1. The van der Waals surface area contributed by atoms with Crippen molar-refractivity contribution in [3.8, 4) is 0 Å². The number of halogens is 1. The fraction of sp³-hybridized carbons (Fsp3) is 0.222. The van der Waals surface area contributed by atoms with Crippen LogP contribution in [0.3, 0.4) is 0 Å². The van der Waals surface area contributed by atoms with Gasteiger partial charge in [-0.2, -0.15) is 0 Å². The Kier molecular flexibility index (Phi) is 2.94. The van der Waals surface area contributed by atoms with Gasteiger partial charge in [-0.25, -0.2) is 4.39 Å². The summed E-state index contributed by atoms with van der Waals surface area (Å²) in [6.45, 7) is 1.69. The smallest absolute Gasteiger partial charge is 0.148 e. The number of aliphatic hydroxyl groups excluding tert-OH is 1. The lowest BCUT2D eigenvalue weighted by molar-refractivity contribution is 0.343.